The molecule has 0 saturated carbocycles. The normalized spacial score (nSPS) is 10.4. The van der Waals surface area contributed by atoms with E-state index in [4.69, 9.17) is 18.0 Å². The highest BCUT2D eigenvalue weighted by molar-refractivity contribution is 7.80. The molecule has 1 aromatic rings. The molecule has 0 aliphatic carbocycles. The van der Waals surface area contributed by atoms with Gasteiger partial charge < -0.3 is 11.1 Å². The Morgan fingerprint density at radius 2 is 2.27 bits per heavy atom. The molecule has 0 amide bonds. The SMILES string of the molecule is Cc1ccc(C(N)=S)c(NCC(F)F)n1. The van der Waals surface area contributed by atoms with Gasteiger partial charge in [0.15, 0.2) is 0 Å². The number of alkyl halides is 2. The molecule has 6 heteroatoms. The Hall–Kier alpha value is -1.30. The van der Waals surface area contributed by atoms with E-state index >= 15 is 0 Å². The summed E-state index contributed by atoms with van der Waals surface area (Å²) in [6.07, 6.45) is -2.44. The molecular weight excluding hydrogens is 220 g/mol. The van der Waals surface area contributed by atoms with Gasteiger partial charge in [0.25, 0.3) is 6.43 Å². The lowest BCUT2D eigenvalue weighted by Crippen LogP contribution is -2.18. The summed E-state index contributed by atoms with van der Waals surface area (Å²) in [5.41, 5.74) is 6.63. The first kappa shape index (κ1) is 11.8. The summed E-state index contributed by atoms with van der Waals surface area (Å²) in [6, 6.07) is 3.39. The van der Waals surface area contributed by atoms with Gasteiger partial charge in [0.05, 0.1) is 12.1 Å². The largest absolute Gasteiger partial charge is 0.389 e. The van der Waals surface area contributed by atoms with Crippen LogP contribution in [0.1, 0.15) is 11.3 Å². The van der Waals surface area contributed by atoms with Gasteiger partial charge in [-0.25, -0.2) is 13.8 Å². The fraction of sp³-hybridized carbons (Fsp3) is 0.333. The average molecular weight is 231 g/mol. The molecule has 1 rings (SSSR count). The number of hydrogen-bond acceptors (Lipinski definition) is 3. The molecule has 0 atom stereocenters. The lowest BCUT2D eigenvalue weighted by atomic mass is 10.2. The number of hydrogen-bond donors (Lipinski definition) is 2. The third-order valence-corrected chi connectivity index (χ3v) is 1.94. The van der Waals surface area contributed by atoms with E-state index in [1.165, 1.54) is 0 Å². The highest BCUT2D eigenvalue weighted by Crippen LogP contribution is 2.13. The Bertz CT molecular complexity index is 368. The smallest absolute Gasteiger partial charge is 0.255 e. The van der Waals surface area contributed by atoms with Gasteiger partial charge in [-0.05, 0) is 19.1 Å². The molecule has 0 fully saturated rings. The molecule has 1 aromatic heterocycles. The summed E-state index contributed by atoms with van der Waals surface area (Å²) in [4.78, 5) is 4.19. The van der Waals surface area contributed by atoms with Crippen LogP contribution >= 0.6 is 12.2 Å². The number of pyridine rings is 1. The van der Waals surface area contributed by atoms with E-state index in [0.717, 1.165) is 0 Å². The summed E-state index contributed by atoms with van der Waals surface area (Å²) in [6.45, 7) is 1.29. The number of nitrogens with one attached hydrogen (secondary N) is 1. The highest BCUT2D eigenvalue weighted by atomic mass is 32.1. The Morgan fingerprint density at radius 1 is 1.60 bits per heavy atom. The third kappa shape index (κ3) is 3.39. The van der Waals surface area contributed by atoms with Crippen LogP contribution in [0.3, 0.4) is 0 Å². The Morgan fingerprint density at radius 3 is 2.80 bits per heavy atom. The Balaban J connectivity index is 2.92. The van der Waals surface area contributed by atoms with Gasteiger partial charge in [0.1, 0.15) is 10.8 Å². The molecule has 0 aliphatic rings. The quantitative estimate of drug-likeness (QED) is 0.774. The van der Waals surface area contributed by atoms with Crippen molar-refractivity contribution in [1.29, 1.82) is 0 Å². The number of rotatable bonds is 4. The van der Waals surface area contributed by atoms with Crippen LogP contribution in [-0.4, -0.2) is 22.9 Å². The second-order valence-electron chi connectivity index (χ2n) is 2.99. The van der Waals surface area contributed by atoms with E-state index in [1.807, 2.05) is 0 Å². The second kappa shape index (κ2) is 4.97. The molecule has 82 valence electrons. The van der Waals surface area contributed by atoms with Gasteiger partial charge in [-0.1, -0.05) is 12.2 Å². The number of nitrogens with two attached hydrogens (primary N) is 1. The zero-order valence-electron chi connectivity index (χ0n) is 8.13. The van der Waals surface area contributed by atoms with Crippen LogP contribution in [0.5, 0.6) is 0 Å². The Labute approximate surface area is 91.7 Å². The van der Waals surface area contributed by atoms with Gasteiger partial charge >= 0.3 is 0 Å². The van der Waals surface area contributed by atoms with Crippen LogP contribution in [0.2, 0.25) is 0 Å². The average Bonchev–Trinajstić information content (AvgIpc) is 2.14. The van der Waals surface area contributed by atoms with E-state index < -0.39 is 13.0 Å². The maximum atomic E-state index is 12.0. The summed E-state index contributed by atoms with van der Waals surface area (Å²) in [5, 5.41) is 2.51. The molecule has 0 bridgehead atoms. The van der Waals surface area contributed by atoms with Crippen LogP contribution in [0.25, 0.3) is 0 Å². The number of thiocarbonyl (C=S) groups is 1. The summed E-state index contributed by atoms with van der Waals surface area (Å²) in [7, 11) is 0. The summed E-state index contributed by atoms with van der Waals surface area (Å²) < 4.78 is 24.0. The lowest BCUT2D eigenvalue weighted by Gasteiger charge is -2.10. The predicted octanol–water partition coefficient (Wildman–Crippen LogP) is 1.70. The van der Waals surface area contributed by atoms with Crippen LogP contribution < -0.4 is 11.1 Å². The molecule has 0 unspecified atom stereocenters. The number of nitrogens with zero attached hydrogens (tertiary/aromatic N) is 1. The summed E-state index contributed by atoms with van der Waals surface area (Å²) >= 11 is 4.78. The van der Waals surface area contributed by atoms with Crippen molar-refractivity contribution in [3.63, 3.8) is 0 Å². The van der Waals surface area contributed by atoms with Crippen molar-refractivity contribution >= 4 is 23.0 Å². The Kier molecular flexibility index (Phi) is 3.90. The number of halogens is 2. The molecule has 0 radical (unpaired) electrons. The van der Waals surface area contributed by atoms with E-state index in [9.17, 15) is 8.78 Å². The molecule has 15 heavy (non-hydrogen) atoms. The van der Waals surface area contributed by atoms with Gasteiger partial charge in [-0.15, -0.1) is 0 Å². The van der Waals surface area contributed by atoms with E-state index in [2.05, 4.69) is 10.3 Å². The first-order chi connectivity index (χ1) is 7.00. The molecule has 3 N–H and O–H groups in total. The summed E-state index contributed by atoms with van der Waals surface area (Å²) in [5.74, 6) is 0.308. The van der Waals surface area contributed by atoms with Crippen molar-refractivity contribution in [2.75, 3.05) is 11.9 Å². The van der Waals surface area contributed by atoms with Crippen LogP contribution in [0, 0.1) is 6.92 Å². The van der Waals surface area contributed by atoms with E-state index in [1.54, 1.807) is 19.1 Å². The van der Waals surface area contributed by atoms with Crippen molar-refractivity contribution in [3.05, 3.63) is 23.4 Å². The number of anilines is 1. The van der Waals surface area contributed by atoms with Crippen molar-refractivity contribution in [1.82, 2.24) is 4.98 Å². The fourth-order valence-electron chi connectivity index (χ4n) is 1.06. The highest BCUT2D eigenvalue weighted by Gasteiger charge is 2.09. The third-order valence-electron chi connectivity index (χ3n) is 1.72. The van der Waals surface area contributed by atoms with Crippen molar-refractivity contribution in [3.8, 4) is 0 Å². The monoisotopic (exact) mass is 231 g/mol. The maximum Gasteiger partial charge on any atom is 0.255 e. The molecule has 0 aromatic carbocycles. The lowest BCUT2D eigenvalue weighted by molar-refractivity contribution is 0.163. The first-order valence-corrected chi connectivity index (χ1v) is 4.71. The van der Waals surface area contributed by atoms with Crippen molar-refractivity contribution < 1.29 is 8.78 Å². The van der Waals surface area contributed by atoms with Gasteiger partial charge in [0.2, 0.25) is 0 Å². The molecule has 1 heterocycles. The van der Waals surface area contributed by atoms with E-state index in [-0.39, 0.29) is 4.99 Å². The minimum atomic E-state index is -2.44. The maximum absolute atomic E-state index is 12.0. The molecule has 0 saturated heterocycles. The van der Waals surface area contributed by atoms with Gasteiger partial charge in [0, 0.05) is 5.69 Å². The zero-order chi connectivity index (χ0) is 11.4. The van der Waals surface area contributed by atoms with Crippen LogP contribution in [0.4, 0.5) is 14.6 Å². The molecule has 0 aliphatic heterocycles. The molecule has 3 nitrogen and oxygen atoms in total. The van der Waals surface area contributed by atoms with Crippen LogP contribution in [-0.2, 0) is 0 Å². The van der Waals surface area contributed by atoms with Gasteiger partial charge in [-0.3, -0.25) is 0 Å². The van der Waals surface area contributed by atoms with Crippen molar-refractivity contribution in [2.24, 2.45) is 5.73 Å². The van der Waals surface area contributed by atoms with E-state index in [0.29, 0.717) is 17.1 Å². The minimum Gasteiger partial charge on any atom is -0.389 e. The predicted molar refractivity (Wildman–Crippen MR) is 59.4 cm³/mol. The standard InChI is InChI=1S/C9H11F2N3S/c1-5-2-3-6(8(12)15)9(14-5)13-4-7(10)11/h2-3,7H,4H2,1H3,(H2,12,15)(H,13,14). The minimum absolute atomic E-state index is 0.138. The fourth-order valence-corrected chi connectivity index (χ4v) is 1.23. The second-order valence-corrected chi connectivity index (χ2v) is 3.42. The number of aromatic nitrogens is 1. The number of aryl methyl sites for hydroxylation is 1. The van der Waals surface area contributed by atoms with Gasteiger partial charge in [-0.2, -0.15) is 0 Å². The molecule has 0 spiro atoms. The van der Waals surface area contributed by atoms with Crippen LogP contribution in [0.15, 0.2) is 12.1 Å². The topological polar surface area (TPSA) is 50.9 Å². The zero-order valence-corrected chi connectivity index (χ0v) is 8.94. The first-order valence-electron chi connectivity index (χ1n) is 4.30. The van der Waals surface area contributed by atoms with Crippen molar-refractivity contribution in [2.45, 2.75) is 13.3 Å². The molecular formula is C9H11F2N3S.